The Kier molecular flexibility index (Phi) is 4.76. The Morgan fingerprint density at radius 2 is 2.10 bits per heavy atom. The number of hydrogen-bond acceptors (Lipinski definition) is 4. The lowest BCUT2D eigenvalue weighted by atomic mass is 10.1. The first kappa shape index (κ1) is 15.7. The number of aliphatic hydroxyl groups is 1. The molecular weight excluding hydrogens is 290 g/mol. The van der Waals surface area contributed by atoms with Gasteiger partial charge in [0, 0.05) is 6.54 Å². The van der Waals surface area contributed by atoms with Crippen molar-refractivity contribution in [1.29, 1.82) is 0 Å². The van der Waals surface area contributed by atoms with Gasteiger partial charge in [0.2, 0.25) is 10.0 Å². The van der Waals surface area contributed by atoms with Gasteiger partial charge in [-0.25, -0.2) is 13.1 Å². The lowest BCUT2D eigenvalue weighted by Gasteiger charge is -2.08. The summed E-state index contributed by atoms with van der Waals surface area (Å²) < 4.78 is 27.1. The summed E-state index contributed by atoms with van der Waals surface area (Å²) in [5.74, 6) is 0. The molecule has 114 valence electrons. The third-order valence-corrected chi connectivity index (χ3v) is 4.83. The molecule has 0 atom stereocenters. The summed E-state index contributed by atoms with van der Waals surface area (Å²) in [4.78, 5) is 0.0363. The van der Waals surface area contributed by atoms with Crippen molar-refractivity contribution in [3.63, 3.8) is 0 Å². The Hall–Kier alpha value is -1.70. The molecule has 0 spiro atoms. The summed E-state index contributed by atoms with van der Waals surface area (Å²) >= 11 is 0. The van der Waals surface area contributed by atoms with Gasteiger partial charge in [0.05, 0.1) is 12.3 Å². The van der Waals surface area contributed by atoms with E-state index in [0.717, 1.165) is 11.1 Å². The van der Waals surface area contributed by atoms with Crippen LogP contribution in [0.2, 0.25) is 0 Å². The summed E-state index contributed by atoms with van der Waals surface area (Å²) in [6.07, 6.45) is 0.603. The van der Waals surface area contributed by atoms with Crippen molar-refractivity contribution in [1.82, 2.24) is 14.9 Å². The van der Waals surface area contributed by atoms with E-state index in [-0.39, 0.29) is 10.6 Å². The molecule has 0 aliphatic carbocycles. The zero-order valence-electron chi connectivity index (χ0n) is 12.0. The standard InChI is InChI=1S/C14H19N3O3S/c1-10-4-3-5-12(8-10)6-7-15-21(19,20)14-11(2)16-17-13(14)9-18/h3-5,8,15,18H,6-7,9H2,1-2H3,(H,16,17). The minimum atomic E-state index is -3.67. The maximum absolute atomic E-state index is 12.3. The molecular formula is C14H19N3O3S. The zero-order valence-corrected chi connectivity index (χ0v) is 12.9. The lowest BCUT2D eigenvalue weighted by molar-refractivity contribution is 0.273. The predicted octanol–water partition coefficient (Wildman–Crippen LogP) is 1.04. The van der Waals surface area contributed by atoms with Crippen LogP contribution < -0.4 is 4.72 Å². The quantitative estimate of drug-likeness (QED) is 0.743. The highest BCUT2D eigenvalue weighted by molar-refractivity contribution is 7.89. The van der Waals surface area contributed by atoms with Crippen LogP contribution in [-0.4, -0.2) is 30.3 Å². The van der Waals surface area contributed by atoms with Crippen LogP contribution in [0.4, 0.5) is 0 Å². The van der Waals surface area contributed by atoms with Crippen LogP contribution >= 0.6 is 0 Å². The Labute approximate surface area is 124 Å². The zero-order chi connectivity index (χ0) is 15.5. The van der Waals surface area contributed by atoms with Crippen molar-refractivity contribution in [3.05, 3.63) is 46.8 Å². The largest absolute Gasteiger partial charge is 0.390 e. The van der Waals surface area contributed by atoms with Gasteiger partial charge in [-0.1, -0.05) is 29.8 Å². The smallest absolute Gasteiger partial charge is 0.244 e. The van der Waals surface area contributed by atoms with Crippen molar-refractivity contribution in [2.45, 2.75) is 31.8 Å². The average Bonchev–Trinajstić information content (AvgIpc) is 2.80. The van der Waals surface area contributed by atoms with E-state index in [0.29, 0.717) is 18.7 Å². The van der Waals surface area contributed by atoms with E-state index in [9.17, 15) is 8.42 Å². The van der Waals surface area contributed by atoms with E-state index in [1.165, 1.54) is 0 Å². The summed E-state index contributed by atoms with van der Waals surface area (Å²) in [6, 6.07) is 7.93. The van der Waals surface area contributed by atoms with Crippen molar-refractivity contribution < 1.29 is 13.5 Å². The lowest BCUT2D eigenvalue weighted by Crippen LogP contribution is -2.27. The number of sulfonamides is 1. The monoisotopic (exact) mass is 309 g/mol. The van der Waals surface area contributed by atoms with E-state index in [1.54, 1.807) is 6.92 Å². The number of nitrogens with one attached hydrogen (secondary N) is 2. The van der Waals surface area contributed by atoms with Crippen LogP contribution in [0.5, 0.6) is 0 Å². The first-order valence-electron chi connectivity index (χ1n) is 6.64. The first-order valence-corrected chi connectivity index (χ1v) is 8.12. The third-order valence-electron chi connectivity index (χ3n) is 3.17. The second-order valence-corrected chi connectivity index (χ2v) is 6.62. The number of benzene rings is 1. The van der Waals surface area contributed by atoms with E-state index in [2.05, 4.69) is 14.9 Å². The van der Waals surface area contributed by atoms with Crippen molar-refractivity contribution in [3.8, 4) is 0 Å². The molecule has 0 fully saturated rings. The van der Waals surface area contributed by atoms with Gasteiger partial charge in [-0.2, -0.15) is 5.10 Å². The van der Waals surface area contributed by atoms with Crippen LogP contribution in [0.3, 0.4) is 0 Å². The molecule has 21 heavy (non-hydrogen) atoms. The summed E-state index contributed by atoms with van der Waals surface area (Å²) in [6.45, 7) is 3.48. The summed E-state index contributed by atoms with van der Waals surface area (Å²) in [5.41, 5.74) is 2.77. The number of aryl methyl sites for hydroxylation is 2. The highest BCUT2D eigenvalue weighted by Crippen LogP contribution is 2.17. The SMILES string of the molecule is Cc1cccc(CCNS(=O)(=O)c2c(CO)n[nH]c2C)c1. The van der Waals surface area contributed by atoms with E-state index >= 15 is 0 Å². The second kappa shape index (κ2) is 6.38. The molecule has 6 nitrogen and oxygen atoms in total. The average molecular weight is 309 g/mol. The van der Waals surface area contributed by atoms with Gasteiger partial charge in [0.1, 0.15) is 10.6 Å². The topological polar surface area (TPSA) is 95.1 Å². The molecule has 0 aliphatic rings. The Bertz CT molecular complexity index is 723. The molecule has 3 N–H and O–H groups in total. The molecule has 0 unspecified atom stereocenters. The van der Waals surface area contributed by atoms with Gasteiger partial charge in [-0.15, -0.1) is 0 Å². The molecule has 1 aromatic carbocycles. The number of aromatic amines is 1. The molecule has 1 heterocycles. The molecule has 1 aromatic heterocycles. The van der Waals surface area contributed by atoms with Crippen molar-refractivity contribution >= 4 is 10.0 Å². The number of rotatable bonds is 6. The highest BCUT2D eigenvalue weighted by atomic mass is 32.2. The Morgan fingerprint density at radius 3 is 2.76 bits per heavy atom. The molecule has 2 aromatic rings. The second-order valence-electron chi connectivity index (χ2n) is 4.92. The van der Waals surface area contributed by atoms with Crippen LogP contribution in [0, 0.1) is 13.8 Å². The number of H-pyrrole nitrogens is 1. The maximum Gasteiger partial charge on any atom is 0.244 e. The number of aromatic nitrogens is 2. The molecule has 0 aliphatic heterocycles. The van der Waals surface area contributed by atoms with E-state index in [4.69, 9.17) is 5.11 Å². The van der Waals surface area contributed by atoms with Gasteiger partial charge in [0.15, 0.2) is 0 Å². The third kappa shape index (κ3) is 3.69. The Morgan fingerprint density at radius 1 is 1.33 bits per heavy atom. The van der Waals surface area contributed by atoms with Gasteiger partial charge < -0.3 is 5.11 Å². The fourth-order valence-corrected chi connectivity index (χ4v) is 3.59. The van der Waals surface area contributed by atoms with Crippen molar-refractivity contribution in [2.24, 2.45) is 0 Å². The van der Waals surface area contributed by atoms with Crippen LogP contribution in [0.1, 0.15) is 22.5 Å². The summed E-state index contributed by atoms with van der Waals surface area (Å²) in [5, 5.41) is 15.5. The minimum absolute atomic E-state index is 0.0363. The molecule has 2 rings (SSSR count). The van der Waals surface area contributed by atoms with E-state index in [1.807, 2.05) is 31.2 Å². The number of aliphatic hydroxyl groups excluding tert-OH is 1. The normalized spacial score (nSPS) is 11.8. The van der Waals surface area contributed by atoms with Crippen LogP contribution in [0.25, 0.3) is 0 Å². The Balaban J connectivity index is 2.06. The molecule has 7 heteroatoms. The first-order chi connectivity index (χ1) is 9.94. The highest BCUT2D eigenvalue weighted by Gasteiger charge is 2.23. The fraction of sp³-hybridized carbons (Fsp3) is 0.357. The maximum atomic E-state index is 12.3. The van der Waals surface area contributed by atoms with Gasteiger partial charge in [-0.05, 0) is 25.8 Å². The molecule has 0 saturated carbocycles. The van der Waals surface area contributed by atoms with Crippen LogP contribution in [-0.2, 0) is 23.1 Å². The number of hydrogen-bond donors (Lipinski definition) is 3. The minimum Gasteiger partial charge on any atom is -0.390 e. The molecule has 0 radical (unpaired) electrons. The molecule has 0 amide bonds. The van der Waals surface area contributed by atoms with Gasteiger partial charge >= 0.3 is 0 Å². The molecule has 0 saturated heterocycles. The molecule has 0 bridgehead atoms. The van der Waals surface area contributed by atoms with Gasteiger partial charge in [-0.3, -0.25) is 5.10 Å². The summed E-state index contributed by atoms with van der Waals surface area (Å²) in [7, 11) is -3.67. The van der Waals surface area contributed by atoms with E-state index < -0.39 is 16.6 Å². The van der Waals surface area contributed by atoms with Crippen molar-refractivity contribution in [2.75, 3.05) is 6.54 Å². The van der Waals surface area contributed by atoms with Crippen LogP contribution in [0.15, 0.2) is 29.2 Å². The van der Waals surface area contributed by atoms with Gasteiger partial charge in [0.25, 0.3) is 0 Å². The fourth-order valence-electron chi connectivity index (χ4n) is 2.20. The predicted molar refractivity (Wildman–Crippen MR) is 79.3 cm³/mol. The number of nitrogens with zero attached hydrogens (tertiary/aromatic N) is 1.